The molecule has 11 heavy (non-hydrogen) atoms. The van der Waals surface area contributed by atoms with E-state index in [0.29, 0.717) is 0 Å². The van der Waals surface area contributed by atoms with Gasteiger partial charge in [-0.15, -0.1) is 0 Å². The second kappa shape index (κ2) is 3.89. The summed E-state index contributed by atoms with van der Waals surface area (Å²) in [5, 5.41) is 6.05. The maximum absolute atomic E-state index is 6.31. The average Bonchev–Trinajstić information content (AvgIpc) is 1.86. The Morgan fingerprint density at radius 3 is 2.00 bits per heavy atom. The second-order valence-corrected chi connectivity index (χ2v) is 6.76. The minimum absolute atomic E-state index is 0.138. The molecular weight excluding hydrogens is 176 g/mol. The van der Waals surface area contributed by atoms with Crippen molar-refractivity contribution in [2.24, 2.45) is 0 Å². The summed E-state index contributed by atoms with van der Waals surface area (Å²) in [5.41, 5.74) is 0. The van der Waals surface area contributed by atoms with Crippen LogP contribution in [0.15, 0.2) is 0 Å². The third-order valence-corrected chi connectivity index (χ3v) is 3.75. The summed E-state index contributed by atoms with van der Waals surface area (Å²) in [7, 11) is 2.94. The maximum Gasteiger partial charge on any atom is 0.148 e. The van der Waals surface area contributed by atoms with Gasteiger partial charge in [0.05, 0.1) is 0 Å². The van der Waals surface area contributed by atoms with Gasteiger partial charge >= 0.3 is 0 Å². The van der Waals surface area contributed by atoms with Crippen molar-refractivity contribution in [2.75, 3.05) is 13.6 Å². The van der Waals surface area contributed by atoms with Crippen molar-refractivity contribution in [1.82, 2.24) is 10.6 Å². The van der Waals surface area contributed by atoms with Gasteiger partial charge in [-0.25, -0.2) is 0 Å². The molecule has 0 heterocycles. The molecule has 0 aromatic carbocycles. The Labute approximate surface area is 77.5 Å². The van der Waals surface area contributed by atoms with E-state index in [1.165, 1.54) is 0 Å². The number of hydrogen-bond acceptors (Lipinski definition) is 2. The van der Waals surface area contributed by atoms with E-state index in [1.807, 2.05) is 7.05 Å². The molecule has 0 spiro atoms. The van der Waals surface area contributed by atoms with E-state index >= 15 is 0 Å². The fraction of sp³-hybridized carbons (Fsp3) is 1.00. The van der Waals surface area contributed by atoms with E-state index in [1.54, 1.807) is 0 Å². The standard InChI is InChI=1S/C7H19ClN2Si/c1-5-10-7(8,9-4)6(2,3)11/h9-10H,5H2,1-4,11H3. The third-order valence-electron chi connectivity index (χ3n) is 1.80. The SMILES string of the molecule is CCNC(Cl)(NC)C(C)(C)[SiH3]. The lowest BCUT2D eigenvalue weighted by Crippen LogP contribution is -2.57. The summed E-state index contributed by atoms with van der Waals surface area (Å²) in [6.07, 6.45) is 0. The van der Waals surface area contributed by atoms with E-state index in [-0.39, 0.29) is 5.04 Å². The Kier molecular flexibility index (Phi) is 4.04. The lowest BCUT2D eigenvalue weighted by atomic mass is 10.1. The molecule has 1 unspecified atom stereocenters. The Hall–Kier alpha value is 0.427. The molecule has 0 aromatic rings. The van der Waals surface area contributed by atoms with Crippen molar-refractivity contribution >= 4 is 21.8 Å². The molecular formula is C7H19ClN2Si. The predicted octanol–water partition coefficient (Wildman–Crippen LogP) is 0.272. The number of halogens is 1. The van der Waals surface area contributed by atoms with Crippen LogP contribution in [0.1, 0.15) is 20.8 Å². The summed E-state index contributed by atoms with van der Waals surface area (Å²) in [6.45, 7) is 7.26. The number of rotatable bonds is 4. The van der Waals surface area contributed by atoms with Gasteiger partial charge in [-0.05, 0) is 18.6 Å². The summed E-state index contributed by atoms with van der Waals surface area (Å²) >= 11 is 6.31. The maximum atomic E-state index is 6.31. The van der Waals surface area contributed by atoms with Crippen LogP contribution < -0.4 is 10.6 Å². The van der Waals surface area contributed by atoms with Crippen LogP contribution in [0.3, 0.4) is 0 Å². The first kappa shape index (κ1) is 11.4. The first-order valence-corrected chi connectivity index (χ1v) is 5.38. The van der Waals surface area contributed by atoms with Gasteiger partial charge in [0.2, 0.25) is 0 Å². The van der Waals surface area contributed by atoms with Crippen molar-refractivity contribution in [3.8, 4) is 0 Å². The van der Waals surface area contributed by atoms with Crippen LogP contribution in [-0.2, 0) is 0 Å². The number of alkyl halides is 1. The minimum Gasteiger partial charge on any atom is -0.290 e. The Morgan fingerprint density at radius 1 is 1.45 bits per heavy atom. The van der Waals surface area contributed by atoms with E-state index in [2.05, 4.69) is 31.4 Å². The summed E-state index contributed by atoms with van der Waals surface area (Å²) in [4.78, 5) is 0. The van der Waals surface area contributed by atoms with Gasteiger partial charge in [-0.2, -0.15) is 0 Å². The number of nitrogens with one attached hydrogen (secondary N) is 2. The third kappa shape index (κ3) is 2.74. The van der Waals surface area contributed by atoms with Crippen LogP contribution in [0.2, 0.25) is 5.04 Å². The highest BCUT2D eigenvalue weighted by Gasteiger charge is 2.37. The molecule has 0 amide bonds. The zero-order valence-corrected chi connectivity index (χ0v) is 10.8. The van der Waals surface area contributed by atoms with Crippen LogP contribution in [0.4, 0.5) is 0 Å². The second-order valence-electron chi connectivity index (χ2n) is 3.69. The first-order chi connectivity index (χ1) is 4.87. The average molecular weight is 195 g/mol. The highest BCUT2D eigenvalue weighted by Crippen LogP contribution is 2.35. The molecule has 0 aromatic heterocycles. The topological polar surface area (TPSA) is 24.1 Å². The van der Waals surface area contributed by atoms with Gasteiger partial charge < -0.3 is 0 Å². The molecule has 1 atom stereocenters. The predicted molar refractivity (Wildman–Crippen MR) is 55.3 cm³/mol. The molecule has 0 bridgehead atoms. The number of hydrogen-bond donors (Lipinski definition) is 2. The molecule has 0 rings (SSSR count). The molecule has 4 heteroatoms. The largest absolute Gasteiger partial charge is 0.290 e. The van der Waals surface area contributed by atoms with Crippen molar-refractivity contribution in [3.63, 3.8) is 0 Å². The molecule has 0 saturated carbocycles. The van der Waals surface area contributed by atoms with Gasteiger partial charge in [0.15, 0.2) is 0 Å². The quantitative estimate of drug-likeness (QED) is 0.291. The summed E-state index contributed by atoms with van der Waals surface area (Å²) in [5.74, 6) is 0. The van der Waals surface area contributed by atoms with Crippen molar-refractivity contribution in [1.29, 1.82) is 0 Å². The van der Waals surface area contributed by atoms with E-state index in [9.17, 15) is 0 Å². The lowest BCUT2D eigenvalue weighted by Gasteiger charge is -2.39. The molecule has 0 radical (unpaired) electrons. The van der Waals surface area contributed by atoms with E-state index in [4.69, 9.17) is 11.6 Å². The molecule has 0 fully saturated rings. The van der Waals surface area contributed by atoms with Crippen LogP contribution in [0.5, 0.6) is 0 Å². The molecule has 0 aliphatic heterocycles. The fourth-order valence-electron chi connectivity index (χ4n) is 0.972. The molecule has 0 aliphatic rings. The molecule has 0 aliphatic carbocycles. The molecule has 0 saturated heterocycles. The van der Waals surface area contributed by atoms with Gasteiger partial charge in [0, 0.05) is 10.2 Å². The van der Waals surface area contributed by atoms with E-state index in [0.717, 1.165) is 16.8 Å². The summed E-state index contributed by atoms with van der Waals surface area (Å²) in [6, 6.07) is 0. The first-order valence-electron chi connectivity index (χ1n) is 4.00. The normalized spacial score (nSPS) is 18.3. The van der Waals surface area contributed by atoms with Gasteiger partial charge in [-0.3, -0.25) is 10.6 Å². The zero-order valence-electron chi connectivity index (χ0n) is 8.09. The monoisotopic (exact) mass is 194 g/mol. The Bertz CT molecular complexity index is 124. The molecule has 68 valence electrons. The van der Waals surface area contributed by atoms with Gasteiger partial charge in [0.25, 0.3) is 0 Å². The fourth-order valence-corrected chi connectivity index (χ4v) is 1.53. The Morgan fingerprint density at radius 2 is 1.91 bits per heavy atom. The van der Waals surface area contributed by atoms with Crippen molar-refractivity contribution in [2.45, 2.75) is 30.9 Å². The zero-order chi connectivity index (χ0) is 9.12. The highest BCUT2D eigenvalue weighted by molar-refractivity contribution is 6.30. The van der Waals surface area contributed by atoms with Gasteiger partial charge in [0.1, 0.15) is 5.12 Å². The Balaban J connectivity index is 4.33. The lowest BCUT2D eigenvalue weighted by molar-refractivity contribution is 0.324. The summed E-state index contributed by atoms with van der Waals surface area (Å²) < 4.78 is 0. The molecule has 2 N–H and O–H groups in total. The molecule has 2 nitrogen and oxygen atoms in total. The van der Waals surface area contributed by atoms with Crippen LogP contribution in [0.25, 0.3) is 0 Å². The van der Waals surface area contributed by atoms with Crippen molar-refractivity contribution < 1.29 is 0 Å². The minimum atomic E-state index is -0.437. The van der Waals surface area contributed by atoms with Crippen LogP contribution >= 0.6 is 11.6 Å². The highest BCUT2D eigenvalue weighted by atomic mass is 35.5. The van der Waals surface area contributed by atoms with Crippen molar-refractivity contribution in [3.05, 3.63) is 0 Å². The smallest absolute Gasteiger partial charge is 0.148 e. The van der Waals surface area contributed by atoms with E-state index < -0.39 is 5.12 Å². The van der Waals surface area contributed by atoms with Gasteiger partial charge in [-0.1, -0.05) is 32.4 Å². The van der Waals surface area contributed by atoms with Crippen LogP contribution in [0, 0.1) is 0 Å². The van der Waals surface area contributed by atoms with Crippen LogP contribution in [-0.4, -0.2) is 29.0 Å².